The highest BCUT2D eigenvalue weighted by Gasteiger charge is 2.36. The lowest BCUT2D eigenvalue weighted by atomic mass is 10.3. The molecule has 1 fully saturated rings. The Labute approximate surface area is 120 Å². The zero-order chi connectivity index (χ0) is 14.8. The van der Waals surface area contributed by atoms with E-state index in [-0.39, 0.29) is 0 Å². The Bertz CT molecular complexity index is 542. The lowest BCUT2D eigenvalue weighted by molar-refractivity contribution is 0.328. The van der Waals surface area contributed by atoms with Gasteiger partial charge in [0.25, 0.3) is 0 Å². The fourth-order valence-electron chi connectivity index (χ4n) is 2.15. The van der Waals surface area contributed by atoms with E-state index in [0.717, 1.165) is 6.42 Å². The van der Waals surface area contributed by atoms with Gasteiger partial charge in [0.2, 0.25) is 10.0 Å². The van der Waals surface area contributed by atoms with Crippen LogP contribution in [0, 0.1) is 11.8 Å². The summed E-state index contributed by atoms with van der Waals surface area (Å²) < 4.78 is 31.6. The number of sulfonamides is 1. The molecule has 0 aromatic heterocycles. The predicted octanol–water partition coefficient (Wildman–Crippen LogP) is 1.30. The molecule has 0 radical (unpaired) electrons. The molecule has 2 N–H and O–H groups in total. The van der Waals surface area contributed by atoms with Crippen LogP contribution in [-0.4, -0.2) is 39.5 Å². The van der Waals surface area contributed by atoms with Crippen LogP contribution in [0.1, 0.15) is 13.3 Å². The number of nitrogens with zero attached hydrogens (tertiary/aromatic N) is 1. The van der Waals surface area contributed by atoms with E-state index in [0.29, 0.717) is 42.2 Å². The molecule has 1 aromatic carbocycles. The Hall–Kier alpha value is -1.11. The van der Waals surface area contributed by atoms with Crippen molar-refractivity contribution in [3.8, 4) is 5.75 Å². The van der Waals surface area contributed by atoms with Gasteiger partial charge in [-0.25, -0.2) is 12.7 Å². The summed E-state index contributed by atoms with van der Waals surface area (Å²) in [6, 6.07) is 6.48. The number of ether oxygens (including phenoxy) is 1. The van der Waals surface area contributed by atoms with Crippen molar-refractivity contribution in [3.63, 3.8) is 0 Å². The van der Waals surface area contributed by atoms with Crippen molar-refractivity contribution in [2.24, 2.45) is 17.6 Å². The monoisotopic (exact) mass is 298 g/mol. The summed E-state index contributed by atoms with van der Waals surface area (Å²) in [5.74, 6) is 1.77. The van der Waals surface area contributed by atoms with Crippen LogP contribution in [-0.2, 0) is 10.0 Å². The van der Waals surface area contributed by atoms with Crippen molar-refractivity contribution in [3.05, 3.63) is 24.3 Å². The van der Waals surface area contributed by atoms with Crippen molar-refractivity contribution < 1.29 is 13.2 Å². The van der Waals surface area contributed by atoms with Gasteiger partial charge in [-0.15, -0.1) is 0 Å². The van der Waals surface area contributed by atoms with Gasteiger partial charge in [0.05, 0.1) is 4.90 Å². The van der Waals surface area contributed by atoms with E-state index in [4.69, 9.17) is 10.5 Å². The summed E-state index contributed by atoms with van der Waals surface area (Å²) in [5.41, 5.74) is 5.35. The van der Waals surface area contributed by atoms with Gasteiger partial charge in [-0.1, -0.05) is 6.92 Å². The zero-order valence-corrected chi connectivity index (χ0v) is 12.8. The van der Waals surface area contributed by atoms with E-state index in [9.17, 15) is 8.42 Å². The molecule has 1 aromatic rings. The van der Waals surface area contributed by atoms with E-state index in [1.54, 1.807) is 31.3 Å². The lowest BCUT2D eigenvalue weighted by Crippen LogP contribution is -2.29. The van der Waals surface area contributed by atoms with E-state index >= 15 is 0 Å². The number of hydrogen-bond acceptors (Lipinski definition) is 4. The van der Waals surface area contributed by atoms with Crippen LogP contribution in [0.4, 0.5) is 0 Å². The molecule has 0 aliphatic heterocycles. The van der Waals surface area contributed by atoms with Crippen LogP contribution in [0.5, 0.6) is 5.75 Å². The first-order chi connectivity index (χ1) is 9.45. The third-order valence-electron chi connectivity index (χ3n) is 3.69. The lowest BCUT2D eigenvalue weighted by Gasteiger charge is -2.17. The molecule has 1 saturated carbocycles. The second kappa shape index (κ2) is 6.11. The summed E-state index contributed by atoms with van der Waals surface area (Å²) in [5, 5.41) is 0. The summed E-state index contributed by atoms with van der Waals surface area (Å²) >= 11 is 0. The van der Waals surface area contributed by atoms with Crippen LogP contribution in [0.25, 0.3) is 0 Å². The van der Waals surface area contributed by atoms with Crippen molar-refractivity contribution in [1.29, 1.82) is 0 Å². The molecule has 2 atom stereocenters. The van der Waals surface area contributed by atoms with Crippen molar-refractivity contribution in [2.75, 3.05) is 26.7 Å². The van der Waals surface area contributed by atoms with E-state index in [1.165, 1.54) is 4.31 Å². The van der Waals surface area contributed by atoms with Gasteiger partial charge in [-0.2, -0.15) is 0 Å². The van der Waals surface area contributed by atoms with Crippen LogP contribution >= 0.6 is 0 Å². The summed E-state index contributed by atoms with van der Waals surface area (Å²) in [6.07, 6.45) is 1.12. The maximum atomic E-state index is 12.4. The van der Waals surface area contributed by atoms with E-state index in [1.807, 2.05) is 0 Å². The molecule has 0 amide bonds. The first kappa shape index (κ1) is 15.3. The molecule has 2 rings (SSSR count). The minimum absolute atomic E-state index is 0.299. The molecule has 20 heavy (non-hydrogen) atoms. The Morgan fingerprint density at radius 3 is 2.45 bits per heavy atom. The Morgan fingerprint density at radius 1 is 1.35 bits per heavy atom. The SMILES string of the molecule is CC1CC1CN(C)S(=O)(=O)c1ccc(OCCN)cc1. The Balaban J connectivity index is 2.04. The second-order valence-electron chi connectivity index (χ2n) is 5.37. The number of benzene rings is 1. The van der Waals surface area contributed by atoms with Crippen molar-refractivity contribution in [2.45, 2.75) is 18.2 Å². The van der Waals surface area contributed by atoms with Gasteiger partial charge in [0.15, 0.2) is 0 Å². The fraction of sp³-hybridized carbons (Fsp3) is 0.571. The van der Waals surface area contributed by atoms with Crippen LogP contribution in [0.2, 0.25) is 0 Å². The highest BCUT2D eigenvalue weighted by molar-refractivity contribution is 7.89. The van der Waals surface area contributed by atoms with Crippen LogP contribution < -0.4 is 10.5 Å². The number of hydrogen-bond donors (Lipinski definition) is 1. The minimum Gasteiger partial charge on any atom is -0.492 e. The van der Waals surface area contributed by atoms with Gasteiger partial charge < -0.3 is 10.5 Å². The highest BCUT2D eigenvalue weighted by atomic mass is 32.2. The van der Waals surface area contributed by atoms with Gasteiger partial charge in [-0.3, -0.25) is 0 Å². The summed E-state index contributed by atoms with van der Waals surface area (Å²) in [4.78, 5) is 0.299. The number of nitrogens with two attached hydrogens (primary N) is 1. The first-order valence-corrected chi connectivity index (χ1v) is 8.28. The molecule has 2 unspecified atom stereocenters. The molecule has 1 aliphatic rings. The topological polar surface area (TPSA) is 72.6 Å². The largest absolute Gasteiger partial charge is 0.492 e. The van der Waals surface area contributed by atoms with Crippen LogP contribution in [0.15, 0.2) is 29.2 Å². The molecule has 0 bridgehead atoms. The predicted molar refractivity (Wildman–Crippen MR) is 78.1 cm³/mol. The van der Waals surface area contributed by atoms with Gasteiger partial charge in [0.1, 0.15) is 12.4 Å². The third kappa shape index (κ3) is 3.50. The smallest absolute Gasteiger partial charge is 0.242 e. The molecule has 0 saturated heterocycles. The Kier molecular flexibility index (Phi) is 4.67. The summed E-state index contributed by atoms with van der Waals surface area (Å²) in [7, 11) is -1.76. The van der Waals surface area contributed by atoms with Gasteiger partial charge in [-0.05, 0) is 42.5 Å². The average Bonchev–Trinajstić information content (AvgIpc) is 3.12. The summed E-state index contributed by atoms with van der Waals surface area (Å²) in [6.45, 7) is 3.59. The van der Waals surface area contributed by atoms with Crippen molar-refractivity contribution in [1.82, 2.24) is 4.31 Å². The normalized spacial score (nSPS) is 22.0. The van der Waals surface area contributed by atoms with E-state index in [2.05, 4.69) is 6.92 Å². The molecule has 0 spiro atoms. The molecule has 112 valence electrons. The standard InChI is InChI=1S/C14H22N2O3S/c1-11-9-12(11)10-16(2)20(17,18)14-5-3-13(4-6-14)19-8-7-15/h3-6,11-12H,7-10,15H2,1-2H3. The maximum Gasteiger partial charge on any atom is 0.242 e. The van der Waals surface area contributed by atoms with Gasteiger partial charge >= 0.3 is 0 Å². The molecular formula is C14H22N2O3S. The van der Waals surface area contributed by atoms with Crippen molar-refractivity contribution >= 4 is 10.0 Å². The second-order valence-corrected chi connectivity index (χ2v) is 7.41. The molecular weight excluding hydrogens is 276 g/mol. The average molecular weight is 298 g/mol. The minimum atomic E-state index is -3.40. The maximum absolute atomic E-state index is 12.4. The Morgan fingerprint density at radius 2 is 1.95 bits per heavy atom. The number of rotatable bonds is 7. The molecule has 0 heterocycles. The first-order valence-electron chi connectivity index (χ1n) is 6.84. The van der Waals surface area contributed by atoms with Gasteiger partial charge in [0, 0.05) is 20.1 Å². The molecule has 1 aliphatic carbocycles. The molecule has 5 nitrogen and oxygen atoms in total. The van der Waals surface area contributed by atoms with Crippen LogP contribution in [0.3, 0.4) is 0 Å². The quantitative estimate of drug-likeness (QED) is 0.823. The molecule has 6 heteroatoms. The third-order valence-corrected chi connectivity index (χ3v) is 5.52. The zero-order valence-electron chi connectivity index (χ0n) is 12.0. The fourth-order valence-corrected chi connectivity index (χ4v) is 3.37. The van der Waals surface area contributed by atoms with E-state index < -0.39 is 10.0 Å². The highest BCUT2D eigenvalue weighted by Crippen LogP contribution is 2.38.